The summed E-state index contributed by atoms with van der Waals surface area (Å²) in [4.78, 5) is 28.2. The van der Waals surface area contributed by atoms with Crippen molar-refractivity contribution in [2.45, 2.75) is 45.0 Å². The van der Waals surface area contributed by atoms with Gasteiger partial charge in [-0.15, -0.1) is 21.5 Å². The van der Waals surface area contributed by atoms with Crippen molar-refractivity contribution in [2.24, 2.45) is 0 Å². The van der Waals surface area contributed by atoms with Crippen molar-refractivity contribution < 1.29 is 19.1 Å². The maximum Gasteiger partial charge on any atom is 0.311 e. The standard InChI is InChI=1S/C21H24BrN5O4S2/c1-4-27-19(13(3)31-16-8-6-14(22)7-9-16)25-26-21(27)33-12-17(28)24-20-23-15(11-32-20)10-18(29)30-5-2/h6-9,11,13H,4-5,10,12H2,1-3H3,(H,23,24,28). The highest BCUT2D eigenvalue weighted by molar-refractivity contribution is 9.10. The largest absolute Gasteiger partial charge is 0.483 e. The Morgan fingerprint density at radius 3 is 2.70 bits per heavy atom. The summed E-state index contributed by atoms with van der Waals surface area (Å²) >= 11 is 5.96. The molecule has 1 N–H and O–H groups in total. The zero-order valence-corrected chi connectivity index (χ0v) is 21.6. The molecule has 0 spiro atoms. The first-order valence-electron chi connectivity index (χ1n) is 10.3. The summed E-state index contributed by atoms with van der Waals surface area (Å²) in [5.41, 5.74) is 0.566. The smallest absolute Gasteiger partial charge is 0.311 e. The molecular formula is C21H24BrN5O4S2. The van der Waals surface area contributed by atoms with Crippen LogP contribution in [0.1, 0.15) is 38.4 Å². The summed E-state index contributed by atoms with van der Waals surface area (Å²) in [6, 6.07) is 7.58. The van der Waals surface area contributed by atoms with E-state index >= 15 is 0 Å². The molecule has 3 rings (SSSR count). The van der Waals surface area contributed by atoms with Gasteiger partial charge in [-0.05, 0) is 45.0 Å². The SMILES string of the molecule is CCOC(=O)Cc1csc(NC(=O)CSc2nnc(C(C)Oc3ccc(Br)cc3)n2CC)n1. The Morgan fingerprint density at radius 1 is 1.24 bits per heavy atom. The van der Waals surface area contributed by atoms with Crippen LogP contribution in [-0.4, -0.2) is 44.0 Å². The van der Waals surface area contributed by atoms with Gasteiger partial charge in [-0.3, -0.25) is 9.59 Å². The molecule has 0 aliphatic carbocycles. The zero-order chi connectivity index (χ0) is 23.8. The molecule has 0 saturated carbocycles. The Morgan fingerprint density at radius 2 is 2.00 bits per heavy atom. The number of thiazole rings is 1. The van der Waals surface area contributed by atoms with Crippen LogP contribution in [0.4, 0.5) is 5.13 Å². The third-order valence-corrected chi connectivity index (χ3v) is 6.61. The lowest BCUT2D eigenvalue weighted by Crippen LogP contribution is -2.15. The summed E-state index contributed by atoms with van der Waals surface area (Å²) in [5, 5.41) is 14.1. The predicted molar refractivity (Wildman–Crippen MR) is 131 cm³/mol. The van der Waals surface area contributed by atoms with Crippen molar-refractivity contribution >= 4 is 56.0 Å². The third-order valence-electron chi connectivity index (χ3n) is 4.31. The minimum atomic E-state index is -0.343. The number of thioether (sulfide) groups is 1. The number of ether oxygens (including phenoxy) is 2. The fourth-order valence-corrected chi connectivity index (χ4v) is 4.67. The van der Waals surface area contributed by atoms with Crippen molar-refractivity contribution in [1.82, 2.24) is 19.7 Å². The van der Waals surface area contributed by atoms with Gasteiger partial charge in [0.05, 0.1) is 24.5 Å². The number of esters is 1. The second-order valence-corrected chi connectivity index (χ2v) is 9.48. The fraction of sp³-hybridized carbons (Fsp3) is 0.381. The van der Waals surface area contributed by atoms with Crippen LogP contribution in [0.5, 0.6) is 5.75 Å². The zero-order valence-electron chi connectivity index (χ0n) is 18.4. The van der Waals surface area contributed by atoms with Gasteiger partial charge in [0.2, 0.25) is 5.91 Å². The van der Waals surface area contributed by atoms with E-state index in [1.165, 1.54) is 23.1 Å². The van der Waals surface area contributed by atoms with E-state index in [2.05, 4.69) is 36.4 Å². The van der Waals surface area contributed by atoms with Gasteiger partial charge in [0, 0.05) is 16.4 Å². The van der Waals surface area contributed by atoms with Crippen LogP contribution < -0.4 is 10.1 Å². The second kappa shape index (κ2) is 12.1. The van der Waals surface area contributed by atoms with Crippen LogP contribution in [0.15, 0.2) is 39.3 Å². The Kier molecular flexibility index (Phi) is 9.27. The Bertz CT molecular complexity index is 1090. The van der Waals surface area contributed by atoms with Crippen LogP contribution >= 0.6 is 39.0 Å². The first-order chi connectivity index (χ1) is 15.9. The molecule has 0 bridgehead atoms. The number of carbonyl (C=O) groups excluding carboxylic acids is 2. The number of nitrogens with one attached hydrogen (secondary N) is 1. The molecule has 3 aromatic rings. The van der Waals surface area contributed by atoms with E-state index in [9.17, 15) is 9.59 Å². The lowest BCUT2D eigenvalue weighted by Gasteiger charge is -2.15. The predicted octanol–water partition coefficient (Wildman–Crippen LogP) is 4.49. The number of hydrogen-bond acceptors (Lipinski definition) is 9. The molecule has 176 valence electrons. The van der Waals surface area contributed by atoms with Crippen molar-refractivity contribution in [2.75, 3.05) is 17.7 Å². The van der Waals surface area contributed by atoms with Crippen LogP contribution in [0, 0.1) is 0 Å². The lowest BCUT2D eigenvalue weighted by molar-refractivity contribution is -0.142. The molecule has 12 heteroatoms. The number of hydrogen-bond donors (Lipinski definition) is 1. The van der Waals surface area contributed by atoms with E-state index in [0.29, 0.717) is 35.0 Å². The second-order valence-electron chi connectivity index (χ2n) is 6.76. The van der Waals surface area contributed by atoms with Gasteiger partial charge < -0.3 is 19.4 Å². The molecule has 1 aromatic carbocycles. The highest BCUT2D eigenvalue weighted by Gasteiger charge is 2.20. The summed E-state index contributed by atoms with van der Waals surface area (Å²) in [5.74, 6) is 1.00. The van der Waals surface area contributed by atoms with Crippen molar-refractivity contribution in [3.05, 3.63) is 45.6 Å². The highest BCUT2D eigenvalue weighted by Crippen LogP contribution is 2.26. The van der Waals surface area contributed by atoms with Crippen molar-refractivity contribution in [3.8, 4) is 5.75 Å². The summed E-state index contributed by atoms with van der Waals surface area (Å²) < 4.78 is 13.8. The molecule has 2 heterocycles. The highest BCUT2D eigenvalue weighted by atomic mass is 79.9. The fourth-order valence-electron chi connectivity index (χ4n) is 2.87. The number of amides is 1. The number of anilines is 1. The van der Waals surface area contributed by atoms with Crippen molar-refractivity contribution in [1.29, 1.82) is 0 Å². The number of halogens is 1. The lowest BCUT2D eigenvalue weighted by atomic mass is 10.3. The topological polar surface area (TPSA) is 108 Å². The van der Waals surface area contributed by atoms with Crippen LogP contribution in [-0.2, 0) is 27.3 Å². The van der Waals surface area contributed by atoms with Gasteiger partial charge in [-0.2, -0.15) is 0 Å². The van der Waals surface area contributed by atoms with E-state index in [1.807, 2.05) is 42.7 Å². The number of aromatic nitrogens is 4. The average molecular weight is 554 g/mol. The molecule has 0 saturated heterocycles. The normalized spacial score (nSPS) is 11.8. The molecule has 0 aliphatic rings. The summed E-state index contributed by atoms with van der Waals surface area (Å²) in [6.07, 6.45) is -0.229. The van der Waals surface area contributed by atoms with Gasteiger partial charge in [0.1, 0.15) is 5.75 Å². The maximum absolute atomic E-state index is 12.4. The van der Waals surface area contributed by atoms with Crippen LogP contribution in [0.2, 0.25) is 0 Å². The Labute approximate surface area is 208 Å². The molecule has 0 aliphatic heterocycles. The van der Waals surface area contributed by atoms with E-state index < -0.39 is 0 Å². The average Bonchev–Trinajstić information content (AvgIpc) is 3.40. The first-order valence-corrected chi connectivity index (χ1v) is 12.9. The van der Waals surface area contributed by atoms with Gasteiger partial charge in [-0.1, -0.05) is 27.7 Å². The molecule has 33 heavy (non-hydrogen) atoms. The maximum atomic E-state index is 12.4. The summed E-state index contributed by atoms with van der Waals surface area (Å²) in [6.45, 7) is 6.62. The van der Waals surface area contributed by atoms with Gasteiger partial charge in [-0.25, -0.2) is 4.98 Å². The molecule has 0 radical (unpaired) electrons. The quantitative estimate of drug-likeness (QED) is 0.273. The number of nitrogens with zero attached hydrogens (tertiary/aromatic N) is 4. The van der Waals surface area contributed by atoms with Crippen molar-refractivity contribution in [3.63, 3.8) is 0 Å². The van der Waals surface area contributed by atoms with E-state index in [1.54, 1.807) is 12.3 Å². The molecule has 9 nitrogen and oxygen atoms in total. The first kappa shape index (κ1) is 25.2. The van der Waals surface area contributed by atoms with Gasteiger partial charge in [0.25, 0.3) is 0 Å². The van der Waals surface area contributed by atoms with E-state index in [0.717, 1.165) is 10.2 Å². The minimum absolute atomic E-state index is 0.0812. The Balaban J connectivity index is 1.55. The molecule has 1 unspecified atom stereocenters. The number of rotatable bonds is 11. The molecule has 1 atom stereocenters. The number of carbonyl (C=O) groups is 2. The number of benzene rings is 1. The Hall–Kier alpha value is -2.44. The minimum Gasteiger partial charge on any atom is -0.483 e. The third kappa shape index (κ3) is 7.27. The van der Waals surface area contributed by atoms with Crippen LogP contribution in [0.3, 0.4) is 0 Å². The molecule has 1 amide bonds. The van der Waals surface area contributed by atoms with Gasteiger partial charge in [0.15, 0.2) is 22.2 Å². The summed E-state index contributed by atoms with van der Waals surface area (Å²) in [7, 11) is 0. The van der Waals surface area contributed by atoms with Crippen LogP contribution in [0.25, 0.3) is 0 Å². The van der Waals surface area contributed by atoms with Gasteiger partial charge >= 0.3 is 5.97 Å². The van der Waals surface area contributed by atoms with E-state index in [-0.39, 0.29) is 30.2 Å². The van der Waals surface area contributed by atoms with E-state index in [4.69, 9.17) is 9.47 Å². The molecule has 2 aromatic heterocycles. The molecule has 0 fully saturated rings. The molecular weight excluding hydrogens is 530 g/mol. The monoisotopic (exact) mass is 553 g/mol.